The van der Waals surface area contributed by atoms with Gasteiger partial charge >= 0.3 is 0 Å². The van der Waals surface area contributed by atoms with E-state index in [-0.39, 0.29) is 11.5 Å². The molecule has 7 nitrogen and oxygen atoms in total. The minimum absolute atomic E-state index is 0.232. The highest BCUT2D eigenvalue weighted by atomic mass is 16.2. The largest absolute Gasteiger partial charge is 0.298 e. The van der Waals surface area contributed by atoms with Crippen molar-refractivity contribution in [3.63, 3.8) is 0 Å². The lowest BCUT2D eigenvalue weighted by Crippen LogP contribution is -2.29. The predicted molar refractivity (Wildman–Crippen MR) is 107 cm³/mol. The molecule has 0 saturated carbocycles. The molecule has 4 aromatic rings. The maximum Gasteiger partial charge on any atom is 0.273 e. The highest BCUT2D eigenvalue weighted by molar-refractivity contribution is 5.94. The number of H-pyrrole nitrogens is 1. The van der Waals surface area contributed by atoms with Crippen molar-refractivity contribution < 1.29 is 4.79 Å². The molecule has 0 aliphatic heterocycles. The van der Waals surface area contributed by atoms with Gasteiger partial charge < -0.3 is 0 Å². The van der Waals surface area contributed by atoms with E-state index in [9.17, 15) is 9.59 Å². The van der Waals surface area contributed by atoms with Gasteiger partial charge in [0.1, 0.15) is 0 Å². The topological polar surface area (TPSA) is 99.8 Å². The second-order valence-electron chi connectivity index (χ2n) is 6.22. The molecular formula is C21H17N5O2. The summed E-state index contributed by atoms with van der Waals surface area (Å²) in [6.45, 7) is 0. The fourth-order valence-corrected chi connectivity index (χ4v) is 2.86. The van der Waals surface area contributed by atoms with Gasteiger partial charge in [0.15, 0.2) is 0 Å². The summed E-state index contributed by atoms with van der Waals surface area (Å²) in [5.41, 5.74) is 8.83. The molecule has 0 atom stereocenters. The molecule has 0 spiro atoms. The summed E-state index contributed by atoms with van der Waals surface area (Å²) in [7, 11) is 0. The molecule has 7 heteroatoms. The summed E-state index contributed by atoms with van der Waals surface area (Å²) in [6, 6.07) is 20.0. The SMILES string of the molecule is O=C(NNc1ccccc1)c1ccc(Cc2n[nH]c(=O)c3cccnc23)cc1. The molecule has 2 heterocycles. The van der Waals surface area contributed by atoms with Crippen LogP contribution in [0.15, 0.2) is 77.7 Å². The minimum Gasteiger partial charge on any atom is -0.298 e. The Morgan fingerprint density at radius 3 is 2.54 bits per heavy atom. The van der Waals surface area contributed by atoms with Crippen LogP contribution in [-0.4, -0.2) is 21.1 Å². The first-order valence-corrected chi connectivity index (χ1v) is 8.73. The molecule has 3 N–H and O–H groups in total. The quantitative estimate of drug-likeness (QED) is 0.468. The van der Waals surface area contributed by atoms with E-state index in [2.05, 4.69) is 26.0 Å². The number of nitrogens with one attached hydrogen (secondary N) is 3. The monoisotopic (exact) mass is 371 g/mol. The fraction of sp³-hybridized carbons (Fsp3) is 0.0476. The number of para-hydroxylation sites is 1. The van der Waals surface area contributed by atoms with Crippen LogP contribution in [0.3, 0.4) is 0 Å². The molecule has 138 valence electrons. The number of hydrogen-bond donors (Lipinski definition) is 3. The predicted octanol–water partition coefficient (Wildman–Crippen LogP) is 2.67. The van der Waals surface area contributed by atoms with E-state index in [1.807, 2.05) is 42.5 Å². The summed E-state index contributed by atoms with van der Waals surface area (Å²) in [5.74, 6) is -0.232. The van der Waals surface area contributed by atoms with E-state index < -0.39 is 0 Å². The van der Waals surface area contributed by atoms with Crippen molar-refractivity contribution in [2.24, 2.45) is 0 Å². The van der Waals surface area contributed by atoms with Crippen LogP contribution < -0.4 is 16.4 Å². The zero-order valence-corrected chi connectivity index (χ0v) is 14.8. The minimum atomic E-state index is -0.259. The van der Waals surface area contributed by atoms with Crippen LogP contribution in [0.4, 0.5) is 5.69 Å². The highest BCUT2D eigenvalue weighted by Crippen LogP contribution is 2.15. The second kappa shape index (κ2) is 7.71. The number of rotatable bonds is 5. The number of nitrogens with zero attached hydrogens (tertiary/aromatic N) is 2. The van der Waals surface area contributed by atoms with Crippen molar-refractivity contribution in [3.05, 3.63) is 100 Å². The van der Waals surface area contributed by atoms with Gasteiger partial charge in [-0.15, -0.1) is 0 Å². The summed E-state index contributed by atoms with van der Waals surface area (Å²) in [6.07, 6.45) is 2.13. The summed E-state index contributed by atoms with van der Waals surface area (Å²) in [5, 5.41) is 7.15. The van der Waals surface area contributed by atoms with Gasteiger partial charge in [-0.05, 0) is 42.0 Å². The Labute approximate surface area is 160 Å². The molecular weight excluding hydrogens is 354 g/mol. The Kier molecular flexibility index (Phi) is 4.79. The van der Waals surface area contributed by atoms with Gasteiger partial charge in [-0.2, -0.15) is 5.10 Å². The third-order valence-electron chi connectivity index (χ3n) is 4.30. The summed E-state index contributed by atoms with van der Waals surface area (Å²) < 4.78 is 0. The standard InChI is InChI=1S/C21H17N5O2/c27-20(25-23-16-5-2-1-3-6-16)15-10-8-14(9-11-15)13-18-19-17(7-4-12-22-19)21(28)26-24-18/h1-12,23H,13H2,(H,25,27)(H,26,28). The lowest BCUT2D eigenvalue weighted by Gasteiger charge is -2.09. The second-order valence-corrected chi connectivity index (χ2v) is 6.22. The van der Waals surface area contributed by atoms with Gasteiger partial charge in [-0.1, -0.05) is 30.3 Å². The fourth-order valence-electron chi connectivity index (χ4n) is 2.86. The van der Waals surface area contributed by atoms with Gasteiger partial charge in [0.25, 0.3) is 11.5 Å². The Bertz CT molecular complexity index is 1170. The molecule has 0 saturated heterocycles. The number of amides is 1. The third-order valence-corrected chi connectivity index (χ3v) is 4.30. The molecule has 1 amide bonds. The van der Waals surface area contributed by atoms with Crippen LogP contribution in [0.25, 0.3) is 10.9 Å². The number of anilines is 1. The first-order chi connectivity index (χ1) is 13.7. The van der Waals surface area contributed by atoms with Crippen molar-refractivity contribution >= 4 is 22.5 Å². The van der Waals surface area contributed by atoms with Crippen molar-refractivity contribution in [2.45, 2.75) is 6.42 Å². The molecule has 28 heavy (non-hydrogen) atoms. The van der Waals surface area contributed by atoms with Crippen LogP contribution in [0.1, 0.15) is 21.6 Å². The average Bonchev–Trinajstić information content (AvgIpc) is 2.75. The number of benzene rings is 2. The molecule has 0 radical (unpaired) electrons. The zero-order valence-electron chi connectivity index (χ0n) is 14.8. The van der Waals surface area contributed by atoms with E-state index in [1.54, 1.807) is 30.5 Å². The van der Waals surface area contributed by atoms with Gasteiger partial charge in [0, 0.05) is 18.2 Å². The molecule has 0 unspecified atom stereocenters. The molecule has 4 rings (SSSR count). The summed E-state index contributed by atoms with van der Waals surface area (Å²) >= 11 is 0. The van der Waals surface area contributed by atoms with E-state index in [0.717, 1.165) is 11.3 Å². The number of aromatic nitrogens is 3. The van der Waals surface area contributed by atoms with Crippen LogP contribution >= 0.6 is 0 Å². The van der Waals surface area contributed by atoms with E-state index in [1.165, 1.54) is 0 Å². The molecule has 2 aromatic carbocycles. The van der Waals surface area contributed by atoms with Crippen molar-refractivity contribution in [1.82, 2.24) is 20.6 Å². The normalized spacial score (nSPS) is 10.6. The van der Waals surface area contributed by atoms with Gasteiger partial charge in [0.2, 0.25) is 0 Å². The molecule has 2 aromatic heterocycles. The van der Waals surface area contributed by atoms with Crippen LogP contribution in [0.5, 0.6) is 0 Å². The maximum absolute atomic E-state index is 12.3. The summed E-state index contributed by atoms with van der Waals surface area (Å²) in [4.78, 5) is 28.4. The number of carbonyl (C=O) groups is 1. The Morgan fingerprint density at radius 2 is 1.75 bits per heavy atom. The Balaban J connectivity index is 1.47. The maximum atomic E-state index is 12.3. The first kappa shape index (κ1) is 17.4. The average molecular weight is 371 g/mol. The molecule has 0 fully saturated rings. The van der Waals surface area contributed by atoms with Gasteiger partial charge in [-0.25, -0.2) is 5.10 Å². The number of hydrazine groups is 1. The van der Waals surface area contributed by atoms with Crippen molar-refractivity contribution in [3.8, 4) is 0 Å². The molecule has 0 bridgehead atoms. The molecule has 0 aliphatic carbocycles. The lowest BCUT2D eigenvalue weighted by atomic mass is 10.1. The number of hydrogen-bond acceptors (Lipinski definition) is 5. The lowest BCUT2D eigenvalue weighted by molar-refractivity contribution is 0.0962. The van der Waals surface area contributed by atoms with Crippen LogP contribution in [-0.2, 0) is 6.42 Å². The van der Waals surface area contributed by atoms with E-state index >= 15 is 0 Å². The number of carbonyl (C=O) groups excluding carboxylic acids is 1. The third kappa shape index (κ3) is 3.73. The Hall–Kier alpha value is -4.00. The zero-order chi connectivity index (χ0) is 19.3. The number of fused-ring (bicyclic) bond motifs is 1. The van der Waals surface area contributed by atoms with E-state index in [4.69, 9.17) is 0 Å². The van der Waals surface area contributed by atoms with E-state index in [0.29, 0.717) is 28.6 Å². The Morgan fingerprint density at radius 1 is 0.964 bits per heavy atom. The number of pyridine rings is 1. The van der Waals surface area contributed by atoms with Gasteiger partial charge in [0.05, 0.1) is 22.3 Å². The highest BCUT2D eigenvalue weighted by Gasteiger charge is 2.09. The van der Waals surface area contributed by atoms with Crippen LogP contribution in [0, 0.1) is 0 Å². The number of aromatic amines is 1. The first-order valence-electron chi connectivity index (χ1n) is 8.73. The van der Waals surface area contributed by atoms with Gasteiger partial charge in [-0.3, -0.25) is 25.4 Å². The molecule has 0 aliphatic rings. The van der Waals surface area contributed by atoms with Crippen molar-refractivity contribution in [2.75, 3.05) is 5.43 Å². The van der Waals surface area contributed by atoms with Crippen molar-refractivity contribution in [1.29, 1.82) is 0 Å². The smallest absolute Gasteiger partial charge is 0.273 e. The van der Waals surface area contributed by atoms with Crippen LogP contribution in [0.2, 0.25) is 0 Å².